The molecule has 0 bridgehead atoms. The summed E-state index contributed by atoms with van der Waals surface area (Å²) in [4.78, 5) is 27.7. The molecule has 0 atom stereocenters. The molecule has 3 aromatic rings. The number of urea groups is 1. The molecule has 3 rings (SSSR count). The summed E-state index contributed by atoms with van der Waals surface area (Å²) in [7, 11) is 1.46. The first-order chi connectivity index (χ1) is 15.6. The third-order valence-electron chi connectivity index (χ3n) is 4.26. The molecule has 7 nitrogen and oxygen atoms in total. The van der Waals surface area contributed by atoms with Gasteiger partial charge in [-0.15, -0.1) is 0 Å². The molecule has 4 N–H and O–H groups in total. The van der Waals surface area contributed by atoms with Crippen LogP contribution >= 0.6 is 11.6 Å². The summed E-state index contributed by atoms with van der Waals surface area (Å²) in [5.41, 5.74) is -0.533. The molecule has 0 radical (unpaired) electrons. The lowest BCUT2D eigenvalue weighted by atomic mass is 10.2. The SMILES string of the molecule is CNC(=O)c1cc(Nc2ccc(NC(=O)Nc3ccc(Cl)c(C(F)(F)F)c3)c(F)c2)ccn1. The lowest BCUT2D eigenvalue weighted by molar-refractivity contribution is -0.137. The third-order valence-corrected chi connectivity index (χ3v) is 4.58. The third kappa shape index (κ3) is 6.10. The number of benzene rings is 2. The Labute approximate surface area is 190 Å². The van der Waals surface area contributed by atoms with E-state index in [1.165, 1.54) is 37.5 Å². The number of hydrogen-bond donors (Lipinski definition) is 4. The molecule has 0 aliphatic carbocycles. The van der Waals surface area contributed by atoms with Gasteiger partial charge in [-0.1, -0.05) is 11.6 Å². The van der Waals surface area contributed by atoms with Gasteiger partial charge < -0.3 is 21.3 Å². The van der Waals surface area contributed by atoms with E-state index in [-0.39, 0.29) is 17.1 Å². The fraction of sp³-hybridized carbons (Fsp3) is 0.0952. The summed E-state index contributed by atoms with van der Waals surface area (Å²) >= 11 is 5.55. The van der Waals surface area contributed by atoms with Gasteiger partial charge in [0, 0.05) is 30.3 Å². The Balaban J connectivity index is 1.68. The van der Waals surface area contributed by atoms with Crippen molar-refractivity contribution in [2.75, 3.05) is 23.0 Å². The second-order valence-electron chi connectivity index (χ2n) is 6.60. The molecule has 0 spiro atoms. The Morgan fingerprint density at radius 2 is 1.64 bits per heavy atom. The van der Waals surface area contributed by atoms with Crippen molar-refractivity contribution >= 4 is 46.3 Å². The first-order valence-electron chi connectivity index (χ1n) is 9.26. The summed E-state index contributed by atoms with van der Waals surface area (Å²) in [6, 6.07) is 8.77. The highest BCUT2D eigenvalue weighted by molar-refractivity contribution is 6.31. The molecule has 0 aliphatic heterocycles. The predicted molar refractivity (Wildman–Crippen MR) is 116 cm³/mol. The molecule has 33 heavy (non-hydrogen) atoms. The van der Waals surface area contributed by atoms with Gasteiger partial charge in [-0.3, -0.25) is 9.78 Å². The van der Waals surface area contributed by atoms with Crippen molar-refractivity contribution in [3.05, 3.63) is 76.8 Å². The molecule has 3 amide bonds. The second kappa shape index (κ2) is 9.74. The minimum atomic E-state index is -4.70. The normalized spacial score (nSPS) is 11.0. The van der Waals surface area contributed by atoms with Gasteiger partial charge in [0.25, 0.3) is 5.91 Å². The first-order valence-corrected chi connectivity index (χ1v) is 9.64. The van der Waals surface area contributed by atoms with Crippen LogP contribution < -0.4 is 21.3 Å². The van der Waals surface area contributed by atoms with Crippen LogP contribution in [0.25, 0.3) is 0 Å². The van der Waals surface area contributed by atoms with E-state index in [9.17, 15) is 27.2 Å². The summed E-state index contributed by atoms with van der Waals surface area (Å²) in [5, 5.41) is 9.25. The van der Waals surface area contributed by atoms with Gasteiger partial charge in [-0.25, -0.2) is 9.18 Å². The van der Waals surface area contributed by atoms with Crippen LogP contribution in [-0.2, 0) is 6.18 Å². The van der Waals surface area contributed by atoms with Crippen LogP contribution in [0, 0.1) is 5.82 Å². The smallest absolute Gasteiger partial charge is 0.355 e. The van der Waals surface area contributed by atoms with Gasteiger partial charge >= 0.3 is 12.2 Å². The number of aromatic nitrogens is 1. The Hall–Kier alpha value is -3.86. The van der Waals surface area contributed by atoms with Gasteiger partial charge in [-0.2, -0.15) is 13.2 Å². The van der Waals surface area contributed by atoms with Crippen molar-refractivity contribution in [2.24, 2.45) is 0 Å². The molecule has 2 aromatic carbocycles. The maximum absolute atomic E-state index is 14.5. The number of hydrogen-bond acceptors (Lipinski definition) is 4. The number of pyridine rings is 1. The lowest BCUT2D eigenvalue weighted by Gasteiger charge is -2.13. The van der Waals surface area contributed by atoms with Gasteiger partial charge in [0.05, 0.1) is 16.3 Å². The van der Waals surface area contributed by atoms with Crippen LogP contribution in [0.5, 0.6) is 0 Å². The zero-order chi connectivity index (χ0) is 24.2. The van der Waals surface area contributed by atoms with E-state index < -0.39 is 34.5 Å². The average Bonchev–Trinajstić information content (AvgIpc) is 2.76. The number of carbonyl (C=O) groups excluding carboxylic acids is 2. The highest BCUT2D eigenvalue weighted by Crippen LogP contribution is 2.36. The molecule has 172 valence electrons. The van der Waals surface area contributed by atoms with Crippen molar-refractivity contribution in [1.29, 1.82) is 0 Å². The predicted octanol–water partition coefficient (Wildman–Crippen LogP) is 5.64. The van der Waals surface area contributed by atoms with Crippen molar-refractivity contribution < 1.29 is 27.2 Å². The average molecular weight is 482 g/mol. The van der Waals surface area contributed by atoms with Gasteiger partial charge in [0.2, 0.25) is 0 Å². The summed E-state index contributed by atoms with van der Waals surface area (Å²) < 4.78 is 53.3. The highest BCUT2D eigenvalue weighted by Gasteiger charge is 2.33. The van der Waals surface area contributed by atoms with E-state index in [4.69, 9.17) is 11.6 Å². The first kappa shape index (κ1) is 23.8. The van der Waals surface area contributed by atoms with Gasteiger partial charge in [0.15, 0.2) is 0 Å². The van der Waals surface area contributed by atoms with Crippen LogP contribution in [0.4, 0.5) is 45.1 Å². The number of rotatable bonds is 5. The fourth-order valence-electron chi connectivity index (χ4n) is 2.73. The maximum Gasteiger partial charge on any atom is 0.417 e. The van der Waals surface area contributed by atoms with Crippen molar-refractivity contribution in [3.8, 4) is 0 Å². The molecular weight excluding hydrogens is 466 g/mol. The number of alkyl halides is 3. The van der Waals surface area contributed by atoms with E-state index in [1.807, 2.05) is 0 Å². The molecule has 0 fully saturated rings. The molecule has 1 heterocycles. The number of halogens is 5. The second-order valence-corrected chi connectivity index (χ2v) is 7.01. The van der Waals surface area contributed by atoms with E-state index in [1.54, 1.807) is 6.07 Å². The Kier molecular flexibility index (Phi) is 7.02. The number of nitrogens with zero attached hydrogens (tertiary/aromatic N) is 1. The summed E-state index contributed by atoms with van der Waals surface area (Å²) in [6.07, 6.45) is -3.29. The quantitative estimate of drug-likeness (QED) is 0.355. The van der Waals surface area contributed by atoms with Crippen molar-refractivity contribution in [3.63, 3.8) is 0 Å². The number of carbonyl (C=O) groups is 2. The van der Waals surface area contributed by atoms with E-state index in [0.29, 0.717) is 17.4 Å². The van der Waals surface area contributed by atoms with Crippen LogP contribution in [0.1, 0.15) is 16.1 Å². The molecule has 1 aromatic heterocycles. The van der Waals surface area contributed by atoms with Crippen LogP contribution in [0.3, 0.4) is 0 Å². The van der Waals surface area contributed by atoms with Crippen LogP contribution in [-0.4, -0.2) is 24.0 Å². The van der Waals surface area contributed by atoms with Gasteiger partial charge in [-0.05, 0) is 48.5 Å². The monoisotopic (exact) mass is 481 g/mol. The largest absolute Gasteiger partial charge is 0.417 e. The molecular formula is C21H16ClF4N5O2. The zero-order valence-corrected chi connectivity index (χ0v) is 17.6. The fourth-order valence-corrected chi connectivity index (χ4v) is 2.95. The minimum Gasteiger partial charge on any atom is -0.355 e. The number of amides is 3. The standard InChI is InChI=1S/C21H16ClF4N5O2/c1-27-19(32)18-10-13(6-7-28-18)29-12-3-5-17(16(23)9-12)31-20(33)30-11-2-4-15(22)14(8-11)21(24,25)26/h2-10H,1H3,(H,27,32)(H,28,29)(H2,30,31,33). The van der Waals surface area contributed by atoms with E-state index in [2.05, 4.69) is 26.3 Å². The summed E-state index contributed by atoms with van der Waals surface area (Å²) in [6.45, 7) is 0. The number of nitrogens with one attached hydrogen (secondary N) is 4. The van der Waals surface area contributed by atoms with Crippen molar-refractivity contribution in [2.45, 2.75) is 6.18 Å². The molecule has 0 unspecified atom stereocenters. The van der Waals surface area contributed by atoms with E-state index >= 15 is 0 Å². The van der Waals surface area contributed by atoms with Crippen LogP contribution in [0.15, 0.2) is 54.7 Å². The van der Waals surface area contributed by atoms with Crippen molar-refractivity contribution in [1.82, 2.24) is 10.3 Å². The topological polar surface area (TPSA) is 95.2 Å². The number of anilines is 4. The van der Waals surface area contributed by atoms with Crippen LogP contribution in [0.2, 0.25) is 5.02 Å². The molecule has 0 saturated carbocycles. The Morgan fingerprint density at radius 1 is 0.939 bits per heavy atom. The highest BCUT2D eigenvalue weighted by atomic mass is 35.5. The minimum absolute atomic E-state index is 0.161. The Morgan fingerprint density at radius 3 is 2.30 bits per heavy atom. The maximum atomic E-state index is 14.5. The molecule has 0 saturated heterocycles. The Bertz CT molecular complexity index is 1200. The van der Waals surface area contributed by atoms with E-state index in [0.717, 1.165) is 12.1 Å². The van der Waals surface area contributed by atoms with Gasteiger partial charge in [0.1, 0.15) is 11.5 Å². The summed E-state index contributed by atoms with van der Waals surface area (Å²) in [5.74, 6) is -1.19. The lowest BCUT2D eigenvalue weighted by Crippen LogP contribution is -2.20. The zero-order valence-electron chi connectivity index (χ0n) is 16.8. The molecule has 0 aliphatic rings. The molecule has 12 heteroatoms.